The van der Waals surface area contributed by atoms with Crippen LogP contribution in [-0.2, 0) is 20.3 Å². The second-order valence-electron chi connectivity index (χ2n) is 7.32. The van der Waals surface area contributed by atoms with Crippen molar-refractivity contribution in [2.24, 2.45) is 0 Å². The number of benzene rings is 2. The zero-order valence-electron chi connectivity index (χ0n) is 17.1. The minimum absolute atomic E-state index is 0.0159. The van der Waals surface area contributed by atoms with Crippen LogP contribution in [0.2, 0.25) is 0 Å². The summed E-state index contributed by atoms with van der Waals surface area (Å²) < 4.78 is 29.9. The molecule has 9 heteroatoms. The van der Waals surface area contributed by atoms with Gasteiger partial charge in [0.05, 0.1) is 18.8 Å². The van der Waals surface area contributed by atoms with Crippen molar-refractivity contribution in [3.05, 3.63) is 59.9 Å². The number of nitrogens with one attached hydrogen (secondary N) is 1. The normalized spacial score (nSPS) is 11.0. The second kappa shape index (κ2) is 10.8. The van der Waals surface area contributed by atoms with Gasteiger partial charge in [-0.25, -0.2) is 14.0 Å². The van der Waals surface area contributed by atoms with Crippen molar-refractivity contribution in [3.63, 3.8) is 0 Å². The van der Waals surface area contributed by atoms with Gasteiger partial charge in [-0.15, -0.1) is 0 Å². The van der Waals surface area contributed by atoms with Gasteiger partial charge in [0.25, 0.3) is 0 Å². The van der Waals surface area contributed by atoms with E-state index < -0.39 is 23.6 Å². The molecule has 0 spiro atoms. The van der Waals surface area contributed by atoms with Gasteiger partial charge in [-0.1, -0.05) is 30.3 Å². The van der Waals surface area contributed by atoms with E-state index in [2.05, 4.69) is 18.2 Å². The van der Waals surface area contributed by atoms with Crippen LogP contribution >= 0.6 is 12.9 Å². The van der Waals surface area contributed by atoms with Crippen molar-refractivity contribution in [2.75, 3.05) is 23.4 Å². The predicted octanol–water partition coefficient (Wildman–Crippen LogP) is 5.18. The van der Waals surface area contributed by atoms with Crippen molar-refractivity contribution in [1.29, 1.82) is 0 Å². The maximum atomic E-state index is 14.7. The van der Waals surface area contributed by atoms with E-state index in [0.29, 0.717) is 0 Å². The average Bonchev–Trinajstić information content (AvgIpc) is 2.67. The third-order valence-corrected chi connectivity index (χ3v) is 3.90. The molecule has 162 valence electrons. The van der Waals surface area contributed by atoms with Crippen molar-refractivity contribution < 1.29 is 27.6 Å². The molecule has 2 amide bonds. The van der Waals surface area contributed by atoms with Gasteiger partial charge in [0.15, 0.2) is 0 Å². The Morgan fingerprint density at radius 2 is 1.83 bits per heavy atom. The summed E-state index contributed by atoms with van der Waals surface area (Å²) in [6, 6.07) is 13.1. The van der Waals surface area contributed by atoms with Crippen LogP contribution in [0.4, 0.5) is 25.4 Å². The molecular weight excluding hydrogens is 411 g/mol. The highest BCUT2D eigenvalue weighted by Gasteiger charge is 2.25. The Bertz CT molecular complexity index is 858. The molecule has 2 aromatic rings. The number of amides is 2. The number of hydrogen-bond donors (Lipinski definition) is 2. The highest BCUT2D eigenvalue weighted by molar-refractivity contribution is 7.75. The van der Waals surface area contributed by atoms with Gasteiger partial charge >= 0.3 is 12.2 Å². The average molecular weight is 437 g/mol. The fourth-order valence-corrected chi connectivity index (χ4v) is 2.52. The minimum atomic E-state index is -0.752. The fourth-order valence-electron chi connectivity index (χ4n) is 2.44. The number of halogens is 1. The van der Waals surface area contributed by atoms with E-state index in [9.17, 15) is 14.0 Å². The molecule has 0 bridgehead atoms. The molecule has 0 aromatic heterocycles. The van der Waals surface area contributed by atoms with Crippen molar-refractivity contribution in [3.8, 4) is 0 Å². The molecule has 0 aliphatic rings. The minimum Gasteiger partial charge on any atom is -0.444 e. The van der Waals surface area contributed by atoms with Crippen LogP contribution < -0.4 is 10.2 Å². The van der Waals surface area contributed by atoms with Crippen molar-refractivity contribution >= 4 is 36.5 Å². The summed E-state index contributed by atoms with van der Waals surface area (Å²) in [5.74, 6) is -0.721. The molecule has 0 unspecified atom stereocenters. The van der Waals surface area contributed by atoms with Gasteiger partial charge in [0.1, 0.15) is 18.0 Å². The van der Waals surface area contributed by atoms with Crippen LogP contribution in [0.1, 0.15) is 26.3 Å². The Kier molecular flexibility index (Phi) is 8.49. The number of carbonyl (C=O) groups is 2. The molecule has 0 saturated carbocycles. The number of anilines is 2. The first-order valence-electron chi connectivity index (χ1n) is 9.24. The maximum Gasteiger partial charge on any atom is 0.414 e. The number of nitrogens with zero attached hydrogens (tertiary/aromatic N) is 1. The molecule has 1 N–H and O–H groups in total. The van der Waals surface area contributed by atoms with Crippen LogP contribution in [0, 0.1) is 5.82 Å². The van der Waals surface area contributed by atoms with Crippen LogP contribution in [0.5, 0.6) is 0 Å². The Morgan fingerprint density at radius 1 is 1.13 bits per heavy atom. The predicted molar refractivity (Wildman–Crippen MR) is 115 cm³/mol. The molecule has 0 aliphatic carbocycles. The molecule has 2 aromatic carbocycles. The first kappa shape index (κ1) is 23.5. The van der Waals surface area contributed by atoms with E-state index in [-0.39, 0.29) is 31.1 Å². The monoisotopic (exact) mass is 436 g/mol. The van der Waals surface area contributed by atoms with E-state index in [1.54, 1.807) is 20.8 Å². The van der Waals surface area contributed by atoms with E-state index in [1.807, 2.05) is 30.3 Å². The van der Waals surface area contributed by atoms with Gasteiger partial charge in [0.2, 0.25) is 0 Å². The first-order chi connectivity index (χ1) is 14.2. The smallest absolute Gasteiger partial charge is 0.414 e. The quantitative estimate of drug-likeness (QED) is 0.462. The molecule has 0 radical (unpaired) electrons. The standard InChI is InChI=1S/C21H25FN2O5S/c1-21(2,3)29-20(26)24(11-12-28-30)18-10-9-16(13-17(18)22)23-19(25)27-14-15-7-5-4-6-8-15/h4-10,13,30H,11-12,14H2,1-3H3,(H,23,25). The zero-order valence-corrected chi connectivity index (χ0v) is 17.9. The number of rotatable bonds is 7. The Morgan fingerprint density at radius 3 is 2.43 bits per heavy atom. The lowest BCUT2D eigenvalue weighted by Crippen LogP contribution is -2.39. The van der Waals surface area contributed by atoms with Crippen LogP contribution in [0.25, 0.3) is 0 Å². The molecule has 0 aliphatic heterocycles. The van der Waals surface area contributed by atoms with Gasteiger partial charge in [-0.2, -0.15) is 0 Å². The Labute approximate surface area is 180 Å². The maximum absolute atomic E-state index is 14.7. The molecule has 7 nitrogen and oxygen atoms in total. The number of ether oxygens (including phenoxy) is 2. The largest absolute Gasteiger partial charge is 0.444 e. The molecule has 2 rings (SSSR count). The molecular formula is C21H25FN2O5S. The highest BCUT2D eigenvalue weighted by atomic mass is 32.1. The summed E-state index contributed by atoms with van der Waals surface area (Å²) >= 11 is 3.65. The lowest BCUT2D eigenvalue weighted by atomic mass is 10.2. The Hall–Kier alpha value is -2.78. The first-order valence-corrected chi connectivity index (χ1v) is 9.60. The molecule has 30 heavy (non-hydrogen) atoms. The molecule has 0 heterocycles. The van der Waals surface area contributed by atoms with E-state index >= 15 is 0 Å². The SMILES string of the molecule is CC(C)(C)OC(=O)N(CCOS)c1ccc(NC(=O)OCc2ccccc2)cc1F. The highest BCUT2D eigenvalue weighted by Crippen LogP contribution is 2.25. The summed E-state index contributed by atoms with van der Waals surface area (Å²) in [5.41, 5.74) is 0.243. The second-order valence-corrected chi connectivity index (χ2v) is 7.58. The molecule has 0 fully saturated rings. The summed E-state index contributed by atoms with van der Waals surface area (Å²) in [6.45, 7) is 5.31. The number of thiol groups is 1. The summed E-state index contributed by atoms with van der Waals surface area (Å²) in [5, 5.41) is 2.46. The van der Waals surface area contributed by atoms with E-state index in [4.69, 9.17) is 13.7 Å². The van der Waals surface area contributed by atoms with Crippen LogP contribution in [0.15, 0.2) is 48.5 Å². The number of hydrogen-bond acceptors (Lipinski definition) is 6. The van der Waals surface area contributed by atoms with Gasteiger partial charge in [-0.3, -0.25) is 10.2 Å². The third-order valence-electron chi connectivity index (χ3n) is 3.72. The summed E-state index contributed by atoms with van der Waals surface area (Å²) in [4.78, 5) is 25.5. The Balaban J connectivity index is 2.07. The summed E-state index contributed by atoms with van der Waals surface area (Å²) in [7, 11) is 0. The molecule has 0 saturated heterocycles. The third kappa shape index (κ3) is 7.57. The lowest BCUT2D eigenvalue weighted by Gasteiger charge is -2.27. The summed E-state index contributed by atoms with van der Waals surface area (Å²) in [6.07, 6.45) is -1.45. The van der Waals surface area contributed by atoms with Gasteiger partial charge in [-0.05, 0) is 57.4 Å². The lowest BCUT2D eigenvalue weighted by molar-refractivity contribution is 0.0575. The fraction of sp³-hybridized carbons (Fsp3) is 0.333. The van der Waals surface area contributed by atoms with Crippen LogP contribution in [-0.4, -0.2) is 30.9 Å². The van der Waals surface area contributed by atoms with E-state index in [0.717, 1.165) is 16.5 Å². The van der Waals surface area contributed by atoms with Crippen LogP contribution in [0.3, 0.4) is 0 Å². The zero-order chi connectivity index (χ0) is 22.1. The van der Waals surface area contributed by atoms with Crippen molar-refractivity contribution in [2.45, 2.75) is 33.0 Å². The topological polar surface area (TPSA) is 77.1 Å². The molecule has 0 atom stereocenters. The van der Waals surface area contributed by atoms with E-state index in [1.165, 1.54) is 12.1 Å². The van der Waals surface area contributed by atoms with Crippen molar-refractivity contribution in [1.82, 2.24) is 0 Å². The van der Waals surface area contributed by atoms with Gasteiger partial charge < -0.3 is 13.7 Å². The number of carbonyl (C=O) groups excluding carboxylic acids is 2. The van der Waals surface area contributed by atoms with Gasteiger partial charge in [0, 0.05) is 5.69 Å².